The van der Waals surface area contributed by atoms with Crippen LogP contribution in [-0.2, 0) is 4.79 Å². The second kappa shape index (κ2) is 7.34. The van der Waals surface area contributed by atoms with Crippen LogP contribution >= 0.6 is 0 Å². The molecule has 1 N–H and O–H groups in total. The summed E-state index contributed by atoms with van der Waals surface area (Å²) < 4.78 is 14.9. The number of benzene rings is 1. The zero-order valence-corrected chi connectivity index (χ0v) is 13.6. The average Bonchev–Trinajstić information content (AvgIpc) is 3.10. The van der Waals surface area contributed by atoms with E-state index in [1.807, 2.05) is 0 Å². The number of carbonyl (C=O) groups is 2. The third-order valence-corrected chi connectivity index (χ3v) is 4.43. The summed E-state index contributed by atoms with van der Waals surface area (Å²) in [5.74, 6) is -1.40. The molecule has 1 aromatic heterocycles. The van der Waals surface area contributed by atoms with Crippen LogP contribution in [0.25, 0.3) is 6.08 Å². The Morgan fingerprint density at radius 1 is 1.16 bits per heavy atom. The summed E-state index contributed by atoms with van der Waals surface area (Å²) in [6.07, 6.45) is 6.23. The molecule has 5 nitrogen and oxygen atoms in total. The number of rotatable bonds is 4. The van der Waals surface area contributed by atoms with Crippen molar-refractivity contribution in [2.45, 2.75) is 18.9 Å². The van der Waals surface area contributed by atoms with Gasteiger partial charge in [-0.3, -0.25) is 4.79 Å². The molecule has 2 aromatic rings. The van der Waals surface area contributed by atoms with Crippen molar-refractivity contribution in [3.63, 3.8) is 0 Å². The standard InChI is InChI=1S/C19H19FN2O3/c20-15-4-1-3-14(13-15)6-7-18(23)21-11-8-16(9-12-21)22-10-2-5-17(22)19(24)25/h1-7,10,13,16H,8-9,11-12H2,(H,24,25). The molecule has 0 spiro atoms. The number of likely N-dealkylation sites (tertiary alicyclic amines) is 1. The third-order valence-electron chi connectivity index (χ3n) is 4.43. The minimum absolute atomic E-state index is 0.0809. The van der Waals surface area contributed by atoms with Gasteiger partial charge in [-0.25, -0.2) is 9.18 Å². The predicted octanol–water partition coefficient (Wildman–Crippen LogP) is 3.20. The lowest BCUT2D eigenvalue weighted by molar-refractivity contribution is -0.127. The van der Waals surface area contributed by atoms with E-state index in [4.69, 9.17) is 0 Å². The second-order valence-corrected chi connectivity index (χ2v) is 6.05. The van der Waals surface area contributed by atoms with Gasteiger partial charge in [0.2, 0.25) is 5.91 Å². The summed E-state index contributed by atoms with van der Waals surface area (Å²) in [4.78, 5) is 25.2. The van der Waals surface area contributed by atoms with Gasteiger partial charge in [0.15, 0.2) is 0 Å². The van der Waals surface area contributed by atoms with Crippen LogP contribution in [0, 0.1) is 5.82 Å². The maximum absolute atomic E-state index is 13.1. The molecular formula is C19H19FN2O3. The van der Waals surface area contributed by atoms with Crippen LogP contribution in [0.15, 0.2) is 48.7 Å². The predicted molar refractivity (Wildman–Crippen MR) is 91.7 cm³/mol. The number of halogens is 1. The Bertz CT molecular complexity index is 805. The lowest BCUT2D eigenvalue weighted by atomic mass is 10.0. The highest BCUT2D eigenvalue weighted by Gasteiger charge is 2.24. The van der Waals surface area contributed by atoms with E-state index in [1.165, 1.54) is 18.2 Å². The number of hydrogen-bond acceptors (Lipinski definition) is 2. The molecule has 1 aliphatic heterocycles. The molecule has 1 saturated heterocycles. The number of carboxylic acid groups (broad SMARTS) is 1. The monoisotopic (exact) mass is 342 g/mol. The number of aromatic nitrogens is 1. The fraction of sp³-hybridized carbons (Fsp3) is 0.263. The Labute approximate surface area is 145 Å². The smallest absolute Gasteiger partial charge is 0.352 e. The van der Waals surface area contributed by atoms with Crippen LogP contribution in [0.1, 0.15) is 34.9 Å². The van der Waals surface area contributed by atoms with Gasteiger partial charge in [0, 0.05) is 31.4 Å². The van der Waals surface area contributed by atoms with Crippen molar-refractivity contribution in [3.05, 3.63) is 65.7 Å². The van der Waals surface area contributed by atoms with Gasteiger partial charge in [0.1, 0.15) is 11.5 Å². The number of piperidine rings is 1. The van der Waals surface area contributed by atoms with E-state index in [-0.39, 0.29) is 23.5 Å². The Hall–Kier alpha value is -2.89. The first-order valence-electron chi connectivity index (χ1n) is 8.17. The number of hydrogen-bond donors (Lipinski definition) is 1. The molecule has 0 aliphatic carbocycles. The van der Waals surface area contributed by atoms with E-state index >= 15 is 0 Å². The number of carboxylic acids is 1. The van der Waals surface area contributed by atoms with E-state index in [0.717, 1.165) is 0 Å². The molecule has 0 unspecified atom stereocenters. The molecule has 1 aromatic carbocycles. The fourth-order valence-corrected chi connectivity index (χ4v) is 3.14. The zero-order chi connectivity index (χ0) is 17.8. The van der Waals surface area contributed by atoms with Crippen molar-refractivity contribution >= 4 is 18.0 Å². The van der Waals surface area contributed by atoms with E-state index in [0.29, 0.717) is 31.5 Å². The number of amides is 1. The lowest BCUT2D eigenvalue weighted by Crippen LogP contribution is -2.38. The van der Waals surface area contributed by atoms with Crippen LogP contribution in [0.4, 0.5) is 4.39 Å². The normalized spacial score (nSPS) is 15.6. The molecule has 130 valence electrons. The van der Waals surface area contributed by atoms with Gasteiger partial charge < -0.3 is 14.6 Å². The molecule has 0 atom stereocenters. The first-order valence-corrected chi connectivity index (χ1v) is 8.17. The summed E-state index contributed by atoms with van der Waals surface area (Å²) in [5, 5.41) is 9.20. The quantitative estimate of drug-likeness (QED) is 0.868. The van der Waals surface area contributed by atoms with Crippen molar-refractivity contribution in [2.75, 3.05) is 13.1 Å². The van der Waals surface area contributed by atoms with Gasteiger partial charge in [-0.05, 0) is 48.7 Å². The van der Waals surface area contributed by atoms with Gasteiger partial charge >= 0.3 is 5.97 Å². The van der Waals surface area contributed by atoms with Crippen LogP contribution in [0.5, 0.6) is 0 Å². The molecule has 1 fully saturated rings. The molecule has 0 saturated carbocycles. The summed E-state index contributed by atoms with van der Waals surface area (Å²) in [6, 6.07) is 9.45. The van der Waals surface area contributed by atoms with Crippen LogP contribution in [0.3, 0.4) is 0 Å². The molecule has 0 bridgehead atoms. The van der Waals surface area contributed by atoms with Gasteiger partial charge in [0.25, 0.3) is 0 Å². The minimum atomic E-state index is -0.943. The van der Waals surface area contributed by atoms with Gasteiger partial charge in [-0.2, -0.15) is 0 Å². The summed E-state index contributed by atoms with van der Waals surface area (Å²) >= 11 is 0. The van der Waals surface area contributed by atoms with Crippen molar-refractivity contribution in [1.29, 1.82) is 0 Å². The summed E-state index contributed by atoms with van der Waals surface area (Å²) in [6.45, 7) is 1.13. The molecule has 6 heteroatoms. The number of carbonyl (C=O) groups excluding carboxylic acids is 1. The van der Waals surface area contributed by atoms with E-state index in [1.54, 1.807) is 46.0 Å². The third kappa shape index (κ3) is 3.96. The van der Waals surface area contributed by atoms with E-state index < -0.39 is 5.97 Å². The lowest BCUT2D eigenvalue weighted by Gasteiger charge is -2.32. The first-order chi connectivity index (χ1) is 12.0. The highest BCUT2D eigenvalue weighted by molar-refractivity contribution is 5.91. The average molecular weight is 342 g/mol. The molecule has 1 amide bonds. The molecule has 3 rings (SSSR count). The van der Waals surface area contributed by atoms with Gasteiger partial charge in [-0.15, -0.1) is 0 Å². The zero-order valence-electron chi connectivity index (χ0n) is 13.6. The SMILES string of the molecule is O=C(O)c1cccn1C1CCN(C(=O)C=Cc2cccc(F)c2)CC1. The molecule has 2 heterocycles. The highest BCUT2D eigenvalue weighted by Crippen LogP contribution is 2.25. The van der Waals surface area contributed by atoms with Crippen molar-refractivity contribution in [3.8, 4) is 0 Å². The van der Waals surface area contributed by atoms with Crippen molar-refractivity contribution < 1.29 is 19.1 Å². The van der Waals surface area contributed by atoms with Crippen molar-refractivity contribution in [2.24, 2.45) is 0 Å². The van der Waals surface area contributed by atoms with Crippen LogP contribution < -0.4 is 0 Å². The van der Waals surface area contributed by atoms with E-state index in [2.05, 4.69) is 0 Å². The molecule has 25 heavy (non-hydrogen) atoms. The summed E-state index contributed by atoms with van der Waals surface area (Å²) in [7, 11) is 0. The van der Waals surface area contributed by atoms with E-state index in [9.17, 15) is 19.1 Å². The Balaban J connectivity index is 1.59. The van der Waals surface area contributed by atoms with Crippen LogP contribution in [0.2, 0.25) is 0 Å². The van der Waals surface area contributed by atoms with Gasteiger partial charge in [0.05, 0.1) is 0 Å². The molecule has 0 radical (unpaired) electrons. The second-order valence-electron chi connectivity index (χ2n) is 6.05. The number of nitrogens with zero attached hydrogens (tertiary/aromatic N) is 2. The topological polar surface area (TPSA) is 62.5 Å². The number of aromatic carboxylic acids is 1. The minimum Gasteiger partial charge on any atom is -0.477 e. The first kappa shape index (κ1) is 17.0. The van der Waals surface area contributed by atoms with Gasteiger partial charge in [-0.1, -0.05) is 12.1 Å². The maximum Gasteiger partial charge on any atom is 0.352 e. The molecular weight excluding hydrogens is 323 g/mol. The Morgan fingerprint density at radius 3 is 2.60 bits per heavy atom. The Kier molecular flexibility index (Phi) is 4.97. The Morgan fingerprint density at radius 2 is 1.92 bits per heavy atom. The summed E-state index contributed by atoms with van der Waals surface area (Å²) in [5.41, 5.74) is 0.914. The van der Waals surface area contributed by atoms with Crippen LogP contribution in [-0.4, -0.2) is 39.5 Å². The molecule has 1 aliphatic rings. The fourth-order valence-electron chi connectivity index (χ4n) is 3.14. The largest absolute Gasteiger partial charge is 0.477 e. The highest BCUT2D eigenvalue weighted by atomic mass is 19.1. The maximum atomic E-state index is 13.1. The van der Waals surface area contributed by atoms with Crippen molar-refractivity contribution in [1.82, 2.24) is 9.47 Å².